The van der Waals surface area contributed by atoms with Crippen LogP contribution in [0, 0.1) is 6.92 Å². The lowest BCUT2D eigenvalue weighted by Crippen LogP contribution is -2.50. The van der Waals surface area contributed by atoms with Crippen LogP contribution in [-0.2, 0) is 4.79 Å². The maximum absolute atomic E-state index is 12.7. The Kier molecular flexibility index (Phi) is 6.63. The number of carbonyl (C=O) groups is 1. The van der Waals surface area contributed by atoms with Crippen molar-refractivity contribution >= 4 is 22.6 Å². The molecule has 2 aromatic carbocycles. The van der Waals surface area contributed by atoms with Crippen molar-refractivity contribution in [3.8, 4) is 17.2 Å². The number of rotatable bonds is 7. The van der Waals surface area contributed by atoms with Crippen LogP contribution in [0.5, 0.6) is 17.2 Å². The predicted molar refractivity (Wildman–Crippen MR) is 125 cm³/mol. The van der Waals surface area contributed by atoms with Gasteiger partial charge in [0.1, 0.15) is 17.1 Å². The van der Waals surface area contributed by atoms with Gasteiger partial charge in [0.2, 0.25) is 0 Å². The van der Waals surface area contributed by atoms with Gasteiger partial charge in [-0.3, -0.25) is 4.79 Å². The summed E-state index contributed by atoms with van der Waals surface area (Å²) in [6.07, 6.45) is 0. The molecular weight excluding hydrogens is 406 g/mol. The molecule has 0 unspecified atom stereocenters. The Bertz CT molecular complexity index is 1090. The molecule has 1 amide bonds. The molecule has 0 atom stereocenters. The first-order valence-electron chi connectivity index (χ1n) is 10.9. The van der Waals surface area contributed by atoms with E-state index in [4.69, 9.17) is 19.2 Å². The molecule has 0 aliphatic carbocycles. The quantitative estimate of drug-likeness (QED) is 0.564. The minimum atomic E-state index is -0.0275. The summed E-state index contributed by atoms with van der Waals surface area (Å²) in [4.78, 5) is 21.6. The van der Waals surface area contributed by atoms with Gasteiger partial charge in [-0.25, -0.2) is 4.98 Å². The number of anilines is 1. The van der Waals surface area contributed by atoms with E-state index in [2.05, 4.69) is 24.0 Å². The van der Waals surface area contributed by atoms with Crippen LogP contribution < -0.4 is 19.1 Å². The molecule has 0 N–H and O–H groups in total. The molecule has 0 saturated carbocycles. The molecule has 3 aromatic rings. The molecule has 0 spiro atoms. The molecule has 7 nitrogen and oxygen atoms in total. The minimum absolute atomic E-state index is 0.00534. The summed E-state index contributed by atoms with van der Waals surface area (Å²) in [5.74, 6) is 2.89. The average molecular weight is 436 g/mol. The van der Waals surface area contributed by atoms with E-state index in [1.165, 1.54) is 0 Å². The molecule has 1 aromatic heterocycles. The van der Waals surface area contributed by atoms with Crippen LogP contribution in [0.2, 0.25) is 0 Å². The third-order valence-corrected chi connectivity index (χ3v) is 5.67. The van der Waals surface area contributed by atoms with Gasteiger partial charge in [0, 0.05) is 31.6 Å². The van der Waals surface area contributed by atoms with Crippen molar-refractivity contribution < 1.29 is 19.0 Å². The fourth-order valence-corrected chi connectivity index (χ4v) is 3.96. The zero-order valence-electron chi connectivity index (χ0n) is 18.8. The summed E-state index contributed by atoms with van der Waals surface area (Å²) in [7, 11) is 1.66. The van der Waals surface area contributed by atoms with Gasteiger partial charge in [0.05, 0.1) is 13.7 Å². The minimum Gasteiger partial charge on any atom is -0.494 e. The van der Waals surface area contributed by atoms with E-state index in [0.717, 1.165) is 28.0 Å². The van der Waals surface area contributed by atoms with Crippen LogP contribution in [0.1, 0.15) is 12.5 Å². The van der Waals surface area contributed by atoms with Gasteiger partial charge in [-0.05, 0) is 43.7 Å². The van der Waals surface area contributed by atoms with Gasteiger partial charge in [0.15, 0.2) is 18.1 Å². The number of aromatic nitrogens is 1. The van der Waals surface area contributed by atoms with E-state index >= 15 is 0 Å². The number of hydrogen-bond donors (Lipinski definition) is 0. The van der Waals surface area contributed by atoms with Gasteiger partial charge < -0.3 is 24.0 Å². The number of aryl methyl sites for hydroxylation is 1. The highest BCUT2D eigenvalue weighted by Crippen LogP contribution is 2.30. The van der Waals surface area contributed by atoms with Crippen molar-refractivity contribution in [2.24, 2.45) is 0 Å². The molecule has 7 heteroatoms. The summed E-state index contributed by atoms with van der Waals surface area (Å²) in [5, 5.41) is 1.09. The lowest BCUT2D eigenvalue weighted by Gasteiger charge is -2.35. The highest BCUT2D eigenvalue weighted by Gasteiger charge is 2.23. The monoisotopic (exact) mass is 435 g/mol. The van der Waals surface area contributed by atoms with Crippen molar-refractivity contribution in [3.05, 3.63) is 54.1 Å². The number of para-hydroxylation sites is 3. The van der Waals surface area contributed by atoms with Crippen molar-refractivity contribution in [2.45, 2.75) is 13.8 Å². The van der Waals surface area contributed by atoms with Gasteiger partial charge in [-0.2, -0.15) is 0 Å². The fourth-order valence-electron chi connectivity index (χ4n) is 3.96. The molecule has 4 rings (SSSR count). The number of piperazine rings is 1. The molecule has 1 aliphatic heterocycles. The summed E-state index contributed by atoms with van der Waals surface area (Å²) in [6.45, 7) is 7.23. The molecule has 0 radical (unpaired) electrons. The van der Waals surface area contributed by atoms with Crippen LogP contribution in [0.3, 0.4) is 0 Å². The van der Waals surface area contributed by atoms with Crippen LogP contribution in [-0.4, -0.2) is 62.3 Å². The fraction of sp³-hybridized carbons (Fsp3) is 0.360. The number of benzene rings is 2. The normalized spacial score (nSPS) is 13.8. The summed E-state index contributed by atoms with van der Waals surface area (Å²) in [5.41, 5.74) is 2.02. The van der Waals surface area contributed by atoms with E-state index in [1.807, 2.05) is 48.2 Å². The largest absolute Gasteiger partial charge is 0.494 e. The number of pyridine rings is 1. The lowest BCUT2D eigenvalue weighted by atomic mass is 10.1. The molecule has 1 saturated heterocycles. The van der Waals surface area contributed by atoms with E-state index in [9.17, 15) is 4.79 Å². The number of carbonyl (C=O) groups excluding carboxylic acids is 1. The number of amides is 1. The first-order valence-corrected chi connectivity index (χ1v) is 10.9. The molecule has 1 fully saturated rings. The van der Waals surface area contributed by atoms with Gasteiger partial charge in [-0.15, -0.1) is 0 Å². The van der Waals surface area contributed by atoms with Crippen molar-refractivity contribution in [2.75, 3.05) is 51.4 Å². The third kappa shape index (κ3) is 4.56. The zero-order valence-corrected chi connectivity index (χ0v) is 18.8. The first-order chi connectivity index (χ1) is 15.6. The Hall–Kier alpha value is -3.48. The third-order valence-electron chi connectivity index (χ3n) is 5.67. The molecule has 32 heavy (non-hydrogen) atoms. The van der Waals surface area contributed by atoms with Crippen LogP contribution >= 0.6 is 0 Å². The Morgan fingerprint density at radius 3 is 2.34 bits per heavy atom. The van der Waals surface area contributed by atoms with E-state index < -0.39 is 0 Å². The number of nitrogens with zero attached hydrogens (tertiary/aromatic N) is 3. The van der Waals surface area contributed by atoms with Gasteiger partial charge >= 0.3 is 0 Å². The van der Waals surface area contributed by atoms with Gasteiger partial charge in [0.25, 0.3) is 5.91 Å². The zero-order chi connectivity index (χ0) is 22.5. The maximum Gasteiger partial charge on any atom is 0.260 e. The highest BCUT2D eigenvalue weighted by molar-refractivity contribution is 5.89. The SMILES string of the molecule is CCOc1ccccc1OCC(=O)N1CCN(c2cc(C)c3cccc(OC)c3n2)CC1. The lowest BCUT2D eigenvalue weighted by molar-refractivity contribution is -0.133. The predicted octanol–water partition coefficient (Wildman–Crippen LogP) is 3.68. The standard InChI is InChI=1S/C25H29N3O4/c1-4-31-20-9-5-6-10-21(20)32-17-24(29)28-14-12-27(13-15-28)23-16-18(2)19-8-7-11-22(30-3)25(19)26-23/h5-11,16H,4,12-15,17H2,1-3H3. The van der Waals surface area contributed by atoms with Crippen molar-refractivity contribution in [1.29, 1.82) is 0 Å². The smallest absolute Gasteiger partial charge is 0.260 e. The molecule has 168 valence electrons. The Morgan fingerprint density at radius 2 is 1.66 bits per heavy atom. The molecule has 2 heterocycles. The molecular formula is C25H29N3O4. The van der Waals surface area contributed by atoms with Crippen LogP contribution in [0.25, 0.3) is 10.9 Å². The van der Waals surface area contributed by atoms with E-state index in [1.54, 1.807) is 7.11 Å². The number of hydrogen-bond acceptors (Lipinski definition) is 6. The first kappa shape index (κ1) is 21.7. The summed E-state index contributed by atoms with van der Waals surface area (Å²) >= 11 is 0. The van der Waals surface area contributed by atoms with Crippen LogP contribution in [0.15, 0.2) is 48.5 Å². The molecule has 1 aliphatic rings. The van der Waals surface area contributed by atoms with Crippen LogP contribution in [0.4, 0.5) is 5.82 Å². The van der Waals surface area contributed by atoms with Gasteiger partial charge in [-0.1, -0.05) is 24.3 Å². The Balaban J connectivity index is 1.38. The average Bonchev–Trinajstić information content (AvgIpc) is 2.83. The second-order valence-electron chi connectivity index (χ2n) is 7.69. The highest BCUT2D eigenvalue weighted by atomic mass is 16.5. The van der Waals surface area contributed by atoms with Crippen molar-refractivity contribution in [3.63, 3.8) is 0 Å². The summed E-state index contributed by atoms with van der Waals surface area (Å²) < 4.78 is 16.8. The second-order valence-corrected chi connectivity index (χ2v) is 7.69. The summed E-state index contributed by atoms with van der Waals surface area (Å²) in [6, 6.07) is 15.5. The second kappa shape index (κ2) is 9.77. The van der Waals surface area contributed by atoms with E-state index in [0.29, 0.717) is 44.3 Å². The van der Waals surface area contributed by atoms with Crippen molar-refractivity contribution in [1.82, 2.24) is 9.88 Å². The topological polar surface area (TPSA) is 64.1 Å². The number of methoxy groups -OCH3 is 1. The van der Waals surface area contributed by atoms with E-state index in [-0.39, 0.29) is 12.5 Å². The Labute approximate surface area is 188 Å². The maximum atomic E-state index is 12.7. The molecule has 0 bridgehead atoms. The number of ether oxygens (including phenoxy) is 3. The Morgan fingerprint density at radius 1 is 0.969 bits per heavy atom. The number of fused-ring (bicyclic) bond motifs is 1.